The fraction of sp³-hybridized carbons (Fsp3) is 0.625. The zero-order chi connectivity index (χ0) is 13.7. The Hall–Kier alpha value is -1.02. The molecular formula is C16H28N2. The van der Waals surface area contributed by atoms with Gasteiger partial charge in [-0.25, -0.2) is 0 Å². The van der Waals surface area contributed by atoms with Crippen LogP contribution in [-0.4, -0.2) is 18.5 Å². The van der Waals surface area contributed by atoms with E-state index in [0.29, 0.717) is 6.04 Å². The third kappa shape index (κ3) is 4.69. The normalized spacial score (nSPS) is 15.1. The standard InChI is InChI=1S/C16H28N2/c1-12(2)9-13(3)11-18(5)14(4)15-7-6-8-16(17)10-15/h6-8,10,12-14H,9,11,17H2,1-5H3. The number of nitrogens with zero attached hydrogens (tertiary/aromatic N) is 1. The van der Waals surface area contributed by atoms with Gasteiger partial charge in [0.15, 0.2) is 0 Å². The SMILES string of the molecule is CC(C)CC(C)CN(C)C(C)c1cccc(N)c1. The second kappa shape index (κ2) is 6.79. The van der Waals surface area contributed by atoms with Crippen LogP contribution in [-0.2, 0) is 0 Å². The summed E-state index contributed by atoms with van der Waals surface area (Å²) in [5.74, 6) is 1.51. The lowest BCUT2D eigenvalue weighted by Gasteiger charge is -2.28. The van der Waals surface area contributed by atoms with E-state index >= 15 is 0 Å². The summed E-state index contributed by atoms with van der Waals surface area (Å²) in [7, 11) is 2.20. The van der Waals surface area contributed by atoms with E-state index in [0.717, 1.165) is 24.1 Å². The monoisotopic (exact) mass is 248 g/mol. The molecule has 0 aliphatic rings. The highest BCUT2D eigenvalue weighted by molar-refractivity contribution is 5.41. The molecule has 2 unspecified atom stereocenters. The summed E-state index contributed by atoms with van der Waals surface area (Å²) in [6.07, 6.45) is 1.29. The molecule has 0 aliphatic heterocycles. The Morgan fingerprint density at radius 2 is 1.83 bits per heavy atom. The summed E-state index contributed by atoms with van der Waals surface area (Å²) in [6.45, 7) is 10.3. The van der Waals surface area contributed by atoms with Crippen molar-refractivity contribution in [2.45, 2.75) is 40.2 Å². The molecule has 0 aliphatic carbocycles. The minimum atomic E-state index is 0.420. The predicted molar refractivity (Wildman–Crippen MR) is 80.5 cm³/mol. The fourth-order valence-electron chi connectivity index (χ4n) is 2.60. The van der Waals surface area contributed by atoms with Crippen LogP contribution in [0.1, 0.15) is 45.7 Å². The van der Waals surface area contributed by atoms with Crippen LogP contribution in [0.15, 0.2) is 24.3 Å². The maximum Gasteiger partial charge on any atom is 0.0317 e. The summed E-state index contributed by atoms with van der Waals surface area (Å²) in [6, 6.07) is 8.63. The molecule has 2 N–H and O–H groups in total. The molecule has 1 aromatic rings. The number of hydrogen-bond acceptors (Lipinski definition) is 2. The Bertz CT molecular complexity index is 360. The van der Waals surface area contributed by atoms with Crippen LogP contribution < -0.4 is 5.73 Å². The van der Waals surface area contributed by atoms with Crippen molar-refractivity contribution in [1.82, 2.24) is 4.90 Å². The highest BCUT2D eigenvalue weighted by Crippen LogP contribution is 2.22. The highest BCUT2D eigenvalue weighted by atomic mass is 15.1. The van der Waals surface area contributed by atoms with Crippen LogP contribution in [0.4, 0.5) is 5.69 Å². The summed E-state index contributed by atoms with van der Waals surface area (Å²) >= 11 is 0. The van der Waals surface area contributed by atoms with Gasteiger partial charge < -0.3 is 5.73 Å². The van der Waals surface area contributed by atoms with Crippen molar-refractivity contribution in [3.05, 3.63) is 29.8 Å². The Labute approximate surface area is 112 Å². The molecule has 0 spiro atoms. The molecule has 2 atom stereocenters. The van der Waals surface area contributed by atoms with E-state index in [4.69, 9.17) is 5.73 Å². The van der Waals surface area contributed by atoms with Crippen LogP contribution in [0.5, 0.6) is 0 Å². The number of nitrogens with two attached hydrogens (primary N) is 1. The zero-order valence-corrected chi connectivity index (χ0v) is 12.5. The lowest BCUT2D eigenvalue weighted by atomic mass is 9.97. The molecule has 1 rings (SSSR count). The van der Waals surface area contributed by atoms with Crippen LogP contribution in [0.3, 0.4) is 0 Å². The molecule has 0 bridgehead atoms. The van der Waals surface area contributed by atoms with Crippen LogP contribution in [0, 0.1) is 11.8 Å². The minimum Gasteiger partial charge on any atom is -0.399 e. The molecule has 0 aromatic heterocycles. The molecule has 0 fully saturated rings. The minimum absolute atomic E-state index is 0.420. The van der Waals surface area contributed by atoms with Crippen molar-refractivity contribution < 1.29 is 0 Å². The van der Waals surface area contributed by atoms with Gasteiger partial charge in [0, 0.05) is 18.3 Å². The molecule has 0 amide bonds. The first-order valence-electron chi connectivity index (χ1n) is 6.95. The van der Waals surface area contributed by atoms with Crippen molar-refractivity contribution in [2.75, 3.05) is 19.3 Å². The molecule has 0 saturated heterocycles. The van der Waals surface area contributed by atoms with E-state index in [2.05, 4.69) is 51.8 Å². The molecule has 2 nitrogen and oxygen atoms in total. The molecular weight excluding hydrogens is 220 g/mol. The van der Waals surface area contributed by atoms with Gasteiger partial charge in [0.25, 0.3) is 0 Å². The Balaban J connectivity index is 2.58. The lowest BCUT2D eigenvalue weighted by molar-refractivity contribution is 0.213. The van der Waals surface area contributed by atoms with Gasteiger partial charge in [-0.05, 0) is 49.9 Å². The van der Waals surface area contributed by atoms with E-state index < -0.39 is 0 Å². The summed E-state index contributed by atoms with van der Waals surface area (Å²) in [4.78, 5) is 2.42. The van der Waals surface area contributed by atoms with Gasteiger partial charge in [0.1, 0.15) is 0 Å². The summed E-state index contributed by atoms with van der Waals surface area (Å²) < 4.78 is 0. The second-order valence-electron chi connectivity index (χ2n) is 6.02. The molecule has 18 heavy (non-hydrogen) atoms. The zero-order valence-electron chi connectivity index (χ0n) is 12.5. The first-order chi connectivity index (χ1) is 8.40. The number of hydrogen-bond donors (Lipinski definition) is 1. The second-order valence-corrected chi connectivity index (χ2v) is 6.02. The van der Waals surface area contributed by atoms with Crippen LogP contribution >= 0.6 is 0 Å². The van der Waals surface area contributed by atoms with E-state index in [1.165, 1.54) is 12.0 Å². The van der Waals surface area contributed by atoms with Crippen LogP contribution in [0.25, 0.3) is 0 Å². The maximum absolute atomic E-state index is 5.85. The van der Waals surface area contributed by atoms with Gasteiger partial charge in [0.05, 0.1) is 0 Å². The Kier molecular flexibility index (Phi) is 5.67. The molecule has 0 heterocycles. The van der Waals surface area contributed by atoms with E-state index in [1.807, 2.05) is 12.1 Å². The number of anilines is 1. The average Bonchev–Trinajstić information content (AvgIpc) is 2.26. The maximum atomic E-state index is 5.85. The average molecular weight is 248 g/mol. The topological polar surface area (TPSA) is 29.3 Å². The van der Waals surface area contributed by atoms with Crippen molar-refractivity contribution >= 4 is 5.69 Å². The van der Waals surface area contributed by atoms with E-state index in [1.54, 1.807) is 0 Å². The number of nitrogen functional groups attached to an aromatic ring is 1. The lowest BCUT2D eigenvalue weighted by Crippen LogP contribution is -2.28. The van der Waals surface area contributed by atoms with Crippen molar-refractivity contribution in [3.63, 3.8) is 0 Å². The van der Waals surface area contributed by atoms with Crippen LogP contribution in [0.2, 0.25) is 0 Å². The van der Waals surface area contributed by atoms with Gasteiger partial charge in [-0.1, -0.05) is 32.9 Å². The number of rotatable bonds is 6. The predicted octanol–water partition coefficient (Wildman–Crippen LogP) is 3.94. The van der Waals surface area contributed by atoms with Crippen molar-refractivity contribution in [2.24, 2.45) is 11.8 Å². The summed E-state index contributed by atoms with van der Waals surface area (Å²) in [5, 5.41) is 0. The Morgan fingerprint density at radius 1 is 1.17 bits per heavy atom. The Morgan fingerprint density at radius 3 is 2.39 bits per heavy atom. The van der Waals surface area contributed by atoms with E-state index in [9.17, 15) is 0 Å². The highest BCUT2D eigenvalue weighted by Gasteiger charge is 2.15. The third-order valence-electron chi connectivity index (χ3n) is 3.53. The summed E-state index contributed by atoms with van der Waals surface area (Å²) in [5.41, 5.74) is 8.00. The molecule has 1 aromatic carbocycles. The van der Waals surface area contributed by atoms with Crippen molar-refractivity contribution in [1.29, 1.82) is 0 Å². The largest absolute Gasteiger partial charge is 0.399 e. The van der Waals surface area contributed by atoms with E-state index in [-0.39, 0.29) is 0 Å². The molecule has 2 heteroatoms. The molecule has 0 radical (unpaired) electrons. The fourth-order valence-corrected chi connectivity index (χ4v) is 2.60. The third-order valence-corrected chi connectivity index (χ3v) is 3.53. The van der Waals surface area contributed by atoms with Crippen molar-refractivity contribution in [3.8, 4) is 0 Å². The van der Waals surface area contributed by atoms with Gasteiger partial charge in [-0.15, -0.1) is 0 Å². The smallest absolute Gasteiger partial charge is 0.0317 e. The van der Waals surface area contributed by atoms with Gasteiger partial charge in [-0.2, -0.15) is 0 Å². The quantitative estimate of drug-likeness (QED) is 0.773. The van der Waals surface area contributed by atoms with Gasteiger partial charge in [-0.3, -0.25) is 4.90 Å². The van der Waals surface area contributed by atoms with Gasteiger partial charge in [0.2, 0.25) is 0 Å². The first kappa shape index (κ1) is 15.0. The van der Waals surface area contributed by atoms with Gasteiger partial charge >= 0.3 is 0 Å². The first-order valence-corrected chi connectivity index (χ1v) is 6.95. The number of benzene rings is 1. The molecule has 102 valence electrons. The molecule has 0 saturated carbocycles.